The summed E-state index contributed by atoms with van der Waals surface area (Å²) in [6.45, 7) is 0. The van der Waals surface area contributed by atoms with Crippen LogP contribution in [-0.4, -0.2) is 17.1 Å². The average molecular weight is 379 g/mol. The van der Waals surface area contributed by atoms with E-state index in [1.54, 1.807) is 18.2 Å². The quantitative estimate of drug-likeness (QED) is 0.707. The van der Waals surface area contributed by atoms with E-state index in [-0.39, 0.29) is 5.75 Å². The van der Waals surface area contributed by atoms with Crippen LogP contribution in [0.15, 0.2) is 36.4 Å². The molecule has 0 heterocycles. The summed E-state index contributed by atoms with van der Waals surface area (Å²) in [5.74, 6) is -1.51. The number of benzene rings is 2. The minimum absolute atomic E-state index is 0.0441. The summed E-state index contributed by atoms with van der Waals surface area (Å²) in [5, 5.41) is 14.4. The number of primary amides is 1. The normalized spacial score (nSPS) is 15.9. The second-order valence-electron chi connectivity index (χ2n) is 6.40. The number of anilines is 1. The number of nitrogens with one attached hydrogen (secondary N) is 1. The van der Waals surface area contributed by atoms with Crippen LogP contribution in [0.25, 0.3) is 0 Å². The van der Waals surface area contributed by atoms with Crippen molar-refractivity contribution in [2.45, 2.75) is 37.6 Å². The predicted molar refractivity (Wildman–Crippen MR) is 101 cm³/mol. The van der Waals surface area contributed by atoms with Gasteiger partial charge in [-0.3, -0.25) is 4.79 Å². The molecule has 3 rings (SSSR count). The number of amides is 1. The first-order valence-corrected chi connectivity index (χ1v) is 9.05. The highest BCUT2D eigenvalue weighted by Crippen LogP contribution is 2.37. The molecule has 2 aromatic rings. The fourth-order valence-corrected chi connectivity index (χ4v) is 3.86. The number of phenolic OH excluding ortho intramolecular Hbond substituents is 1. The van der Waals surface area contributed by atoms with E-state index in [4.69, 9.17) is 28.9 Å². The molecule has 1 amide bonds. The van der Waals surface area contributed by atoms with Crippen molar-refractivity contribution in [3.63, 3.8) is 0 Å². The summed E-state index contributed by atoms with van der Waals surface area (Å²) < 4.78 is 0. The highest BCUT2D eigenvalue weighted by molar-refractivity contribution is 6.32. The third kappa shape index (κ3) is 4.02. The average Bonchev–Trinajstić information content (AvgIpc) is 3.05. The molecule has 4 nitrogen and oxygen atoms in total. The van der Waals surface area contributed by atoms with Gasteiger partial charge in [0.05, 0.1) is 5.92 Å². The summed E-state index contributed by atoms with van der Waals surface area (Å²) in [7, 11) is 0. The third-order valence-corrected chi connectivity index (χ3v) is 5.18. The zero-order chi connectivity index (χ0) is 18.0. The van der Waals surface area contributed by atoms with Gasteiger partial charge in [0, 0.05) is 27.3 Å². The van der Waals surface area contributed by atoms with Gasteiger partial charge in [-0.1, -0.05) is 42.1 Å². The molecule has 0 saturated heterocycles. The van der Waals surface area contributed by atoms with Crippen LogP contribution in [0.3, 0.4) is 0 Å². The van der Waals surface area contributed by atoms with E-state index in [2.05, 4.69) is 5.32 Å². The zero-order valence-electron chi connectivity index (χ0n) is 13.6. The van der Waals surface area contributed by atoms with E-state index in [0.717, 1.165) is 18.5 Å². The maximum Gasteiger partial charge on any atom is 0.229 e. The van der Waals surface area contributed by atoms with Gasteiger partial charge in [0.15, 0.2) is 0 Å². The maximum absolute atomic E-state index is 12.1. The molecule has 0 radical (unpaired) electrons. The summed E-state index contributed by atoms with van der Waals surface area (Å²) >= 11 is 12.4. The number of carbonyl (C=O) groups is 1. The van der Waals surface area contributed by atoms with Gasteiger partial charge in [-0.2, -0.15) is 0 Å². The van der Waals surface area contributed by atoms with Crippen molar-refractivity contribution in [2.24, 2.45) is 5.73 Å². The molecule has 1 atom stereocenters. The Morgan fingerprint density at radius 1 is 1.12 bits per heavy atom. The first-order valence-electron chi connectivity index (χ1n) is 8.29. The number of hydrogen-bond donors (Lipinski definition) is 3. The standard InChI is InChI=1S/C19H20Cl2N2O2/c20-11-5-8-17(24)15(9-11)18(19(22)25)14-7-6-13(10-16(14)21)23-12-3-1-2-4-12/h5-10,12,18,23-24H,1-4H2,(H2,22,25). The Morgan fingerprint density at radius 3 is 2.48 bits per heavy atom. The van der Waals surface area contributed by atoms with E-state index in [1.807, 2.05) is 6.07 Å². The van der Waals surface area contributed by atoms with Crippen LogP contribution in [0, 0.1) is 0 Å². The smallest absolute Gasteiger partial charge is 0.229 e. The molecule has 25 heavy (non-hydrogen) atoms. The first-order chi connectivity index (χ1) is 12.0. The summed E-state index contributed by atoms with van der Waals surface area (Å²) in [4.78, 5) is 12.1. The lowest BCUT2D eigenvalue weighted by molar-refractivity contribution is -0.118. The molecule has 132 valence electrons. The van der Waals surface area contributed by atoms with Gasteiger partial charge < -0.3 is 16.2 Å². The highest BCUT2D eigenvalue weighted by atomic mass is 35.5. The van der Waals surface area contributed by atoms with Gasteiger partial charge in [-0.05, 0) is 48.7 Å². The molecule has 1 fully saturated rings. The number of rotatable bonds is 5. The lowest BCUT2D eigenvalue weighted by Gasteiger charge is -2.19. The summed E-state index contributed by atoms with van der Waals surface area (Å²) in [5.41, 5.74) is 7.40. The van der Waals surface area contributed by atoms with Gasteiger partial charge in [0.2, 0.25) is 5.91 Å². The molecule has 1 saturated carbocycles. The Labute approximate surface area is 156 Å². The number of phenols is 1. The van der Waals surface area contributed by atoms with Crippen molar-refractivity contribution in [1.29, 1.82) is 0 Å². The van der Waals surface area contributed by atoms with Crippen molar-refractivity contribution in [3.8, 4) is 5.75 Å². The molecule has 0 spiro atoms. The molecule has 0 bridgehead atoms. The van der Waals surface area contributed by atoms with Crippen LogP contribution in [0.2, 0.25) is 10.0 Å². The van der Waals surface area contributed by atoms with Gasteiger partial charge in [0.1, 0.15) is 5.75 Å². The fourth-order valence-electron chi connectivity index (χ4n) is 3.39. The van der Waals surface area contributed by atoms with Crippen LogP contribution < -0.4 is 11.1 Å². The van der Waals surface area contributed by atoms with Gasteiger partial charge in [-0.25, -0.2) is 0 Å². The molecule has 4 N–H and O–H groups in total. The van der Waals surface area contributed by atoms with Crippen LogP contribution in [0.1, 0.15) is 42.7 Å². The lowest BCUT2D eigenvalue weighted by Crippen LogP contribution is -2.23. The SMILES string of the molecule is NC(=O)C(c1cc(Cl)ccc1O)c1ccc(NC2CCCC2)cc1Cl. The molecule has 1 unspecified atom stereocenters. The largest absolute Gasteiger partial charge is 0.508 e. The van der Waals surface area contributed by atoms with Crippen molar-refractivity contribution < 1.29 is 9.90 Å². The molecule has 2 aromatic carbocycles. The Bertz CT molecular complexity index is 789. The first kappa shape index (κ1) is 17.9. The topological polar surface area (TPSA) is 75.4 Å². The van der Waals surface area contributed by atoms with E-state index in [9.17, 15) is 9.90 Å². The Hall–Kier alpha value is -1.91. The van der Waals surface area contributed by atoms with Gasteiger partial charge in [0.25, 0.3) is 0 Å². The van der Waals surface area contributed by atoms with Gasteiger partial charge in [-0.15, -0.1) is 0 Å². The van der Waals surface area contributed by atoms with Crippen LogP contribution in [-0.2, 0) is 4.79 Å². The van der Waals surface area contributed by atoms with E-state index < -0.39 is 11.8 Å². The number of nitrogens with two attached hydrogens (primary N) is 1. The number of aromatic hydroxyl groups is 1. The highest BCUT2D eigenvalue weighted by Gasteiger charge is 2.26. The fraction of sp³-hybridized carbons (Fsp3) is 0.316. The minimum atomic E-state index is -0.869. The zero-order valence-corrected chi connectivity index (χ0v) is 15.1. The lowest BCUT2D eigenvalue weighted by atomic mass is 9.89. The number of carbonyl (C=O) groups excluding carboxylic acids is 1. The Balaban J connectivity index is 1.94. The van der Waals surface area contributed by atoms with Crippen LogP contribution in [0.4, 0.5) is 5.69 Å². The molecule has 1 aliphatic rings. The van der Waals surface area contributed by atoms with Crippen molar-refractivity contribution in [3.05, 3.63) is 57.6 Å². The van der Waals surface area contributed by atoms with E-state index in [1.165, 1.54) is 25.0 Å². The predicted octanol–water partition coefficient (Wildman–Crippen LogP) is 4.67. The second-order valence-corrected chi connectivity index (χ2v) is 7.24. The molecule has 0 aromatic heterocycles. The summed E-state index contributed by atoms with van der Waals surface area (Å²) in [6, 6.07) is 10.4. The van der Waals surface area contributed by atoms with Crippen molar-refractivity contribution in [2.75, 3.05) is 5.32 Å². The maximum atomic E-state index is 12.1. The van der Waals surface area contributed by atoms with Crippen LogP contribution in [0.5, 0.6) is 5.75 Å². The molecule has 6 heteroatoms. The molecule has 1 aliphatic carbocycles. The minimum Gasteiger partial charge on any atom is -0.508 e. The monoisotopic (exact) mass is 378 g/mol. The van der Waals surface area contributed by atoms with Gasteiger partial charge >= 0.3 is 0 Å². The number of hydrogen-bond acceptors (Lipinski definition) is 3. The number of halogens is 2. The Kier molecular flexibility index (Phi) is 5.40. The van der Waals surface area contributed by atoms with Crippen molar-refractivity contribution >= 4 is 34.8 Å². The molecular formula is C19H20Cl2N2O2. The molecular weight excluding hydrogens is 359 g/mol. The Morgan fingerprint density at radius 2 is 1.84 bits per heavy atom. The van der Waals surface area contributed by atoms with E-state index >= 15 is 0 Å². The summed E-state index contributed by atoms with van der Waals surface area (Å²) in [6.07, 6.45) is 4.78. The second kappa shape index (κ2) is 7.54. The van der Waals surface area contributed by atoms with Crippen LogP contribution >= 0.6 is 23.2 Å². The third-order valence-electron chi connectivity index (χ3n) is 4.62. The van der Waals surface area contributed by atoms with E-state index in [0.29, 0.717) is 27.2 Å². The molecule has 0 aliphatic heterocycles. The van der Waals surface area contributed by atoms with Crippen molar-refractivity contribution in [1.82, 2.24) is 0 Å².